The molecule has 0 spiro atoms. The number of hydrogen-bond donors (Lipinski definition) is 0. The molecule has 6 nitrogen and oxygen atoms in total. The number of hydrogen-bond acceptors (Lipinski definition) is 4. The van der Waals surface area contributed by atoms with Gasteiger partial charge in [0.2, 0.25) is 11.8 Å². The van der Waals surface area contributed by atoms with E-state index in [1.165, 1.54) is 5.56 Å². The molecule has 168 valence electrons. The molecule has 4 rings (SSSR count). The van der Waals surface area contributed by atoms with Crippen molar-refractivity contribution in [3.05, 3.63) is 35.9 Å². The van der Waals surface area contributed by atoms with Crippen LogP contribution in [0.15, 0.2) is 30.3 Å². The lowest BCUT2D eigenvalue weighted by atomic mass is 9.83. The number of amides is 2. The van der Waals surface area contributed by atoms with Gasteiger partial charge in [-0.15, -0.1) is 0 Å². The van der Waals surface area contributed by atoms with Gasteiger partial charge in [0.25, 0.3) is 0 Å². The Bertz CT molecular complexity index is 792. The van der Waals surface area contributed by atoms with Crippen LogP contribution in [0, 0.1) is 5.92 Å². The molecule has 3 fully saturated rings. The summed E-state index contributed by atoms with van der Waals surface area (Å²) in [6.45, 7) is 5.51. The van der Waals surface area contributed by atoms with Crippen LogP contribution in [0.25, 0.3) is 6.08 Å². The Morgan fingerprint density at radius 1 is 1.03 bits per heavy atom. The van der Waals surface area contributed by atoms with E-state index in [2.05, 4.69) is 34.1 Å². The predicted molar refractivity (Wildman–Crippen MR) is 122 cm³/mol. The van der Waals surface area contributed by atoms with E-state index in [-0.39, 0.29) is 5.91 Å². The molecule has 1 aromatic rings. The summed E-state index contributed by atoms with van der Waals surface area (Å²) in [5.74, 6) is 2.03. The van der Waals surface area contributed by atoms with Crippen molar-refractivity contribution in [1.82, 2.24) is 14.7 Å². The Kier molecular flexibility index (Phi) is 7.28. The third-order valence-corrected chi connectivity index (χ3v) is 7.02. The number of carbonyl (C=O) groups excluding carboxylic acids is 2. The summed E-state index contributed by atoms with van der Waals surface area (Å²) in [4.78, 5) is 31.0. The number of methoxy groups -OCH3 is 1. The smallest absolute Gasteiger partial charge is 0.222 e. The van der Waals surface area contributed by atoms with E-state index in [4.69, 9.17) is 4.74 Å². The normalized spacial score (nSPS) is 24.8. The summed E-state index contributed by atoms with van der Waals surface area (Å²) in [6.07, 6.45) is 9.70. The van der Waals surface area contributed by atoms with Gasteiger partial charge in [-0.05, 0) is 49.3 Å². The number of fused-ring (bicyclic) bond motifs is 1. The Hall–Kier alpha value is -2.34. The van der Waals surface area contributed by atoms with Crippen LogP contribution in [0.2, 0.25) is 0 Å². The molecule has 0 radical (unpaired) electrons. The SMILES string of the molecule is COc1ccc(C=CCN2CC[C@H]3[C@H](CCC(=O)N3CCCN3CCCC3=O)C2)cc1. The van der Waals surface area contributed by atoms with E-state index in [1.54, 1.807) is 7.11 Å². The fraction of sp³-hybridized carbons (Fsp3) is 0.600. The second-order valence-corrected chi connectivity index (χ2v) is 9.01. The van der Waals surface area contributed by atoms with Gasteiger partial charge in [-0.25, -0.2) is 0 Å². The van der Waals surface area contributed by atoms with Crippen molar-refractivity contribution in [3.8, 4) is 5.75 Å². The molecule has 1 aromatic carbocycles. The second kappa shape index (κ2) is 10.3. The van der Waals surface area contributed by atoms with E-state index in [9.17, 15) is 9.59 Å². The highest BCUT2D eigenvalue weighted by Gasteiger charge is 2.38. The molecule has 0 aliphatic carbocycles. The molecule has 0 aromatic heterocycles. The summed E-state index contributed by atoms with van der Waals surface area (Å²) in [6, 6.07) is 8.48. The second-order valence-electron chi connectivity index (χ2n) is 9.01. The Morgan fingerprint density at radius 3 is 2.61 bits per heavy atom. The molecule has 6 heteroatoms. The van der Waals surface area contributed by atoms with Crippen LogP contribution in [0.5, 0.6) is 5.75 Å². The zero-order chi connectivity index (χ0) is 21.6. The summed E-state index contributed by atoms with van der Waals surface area (Å²) >= 11 is 0. The van der Waals surface area contributed by atoms with Gasteiger partial charge in [-0.3, -0.25) is 14.5 Å². The monoisotopic (exact) mass is 425 g/mol. The fourth-order valence-corrected chi connectivity index (χ4v) is 5.31. The van der Waals surface area contributed by atoms with Gasteiger partial charge in [-0.1, -0.05) is 24.3 Å². The Labute approximate surface area is 185 Å². The molecule has 3 aliphatic heterocycles. The molecular formula is C25H35N3O3. The van der Waals surface area contributed by atoms with E-state index in [0.717, 1.165) is 70.7 Å². The lowest BCUT2D eigenvalue weighted by Crippen LogP contribution is -2.56. The maximum atomic E-state index is 12.6. The van der Waals surface area contributed by atoms with Crippen molar-refractivity contribution >= 4 is 17.9 Å². The first-order chi connectivity index (χ1) is 15.1. The highest BCUT2D eigenvalue weighted by Crippen LogP contribution is 2.31. The molecule has 0 bridgehead atoms. The minimum Gasteiger partial charge on any atom is -0.497 e. The quantitative estimate of drug-likeness (QED) is 0.643. The number of rotatable bonds is 8. The number of nitrogens with zero attached hydrogens (tertiary/aromatic N) is 3. The van der Waals surface area contributed by atoms with Crippen LogP contribution in [0.1, 0.15) is 44.1 Å². The first kappa shape index (κ1) is 21.9. The van der Waals surface area contributed by atoms with Crippen molar-refractivity contribution in [3.63, 3.8) is 0 Å². The zero-order valence-corrected chi connectivity index (χ0v) is 18.7. The molecule has 0 unspecified atom stereocenters. The molecule has 2 atom stereocenters. The number of benzene rings is 1. The largest absolute Gasteiger partial charge is 0.497 e. The van der Waals surface area contributed by atoms with Gasteiger partial charge in [-0.2, -0.15) is 0 Å². The highest BCUT2D eigenvalue weighted by atomic mass is 16.5. The predicted octanol–water partition coefficient (Wildman–Crippen LogP) is 3.03. The van der Waals surface area contributed by atoms with Crippen LogP contribution in [-0.2, 0) is 9.59 Å². The first-order valence-electron chi connectivity index (χ1n) is 11.7. The number of likely N-dealkylation sites (tertiary alicyclic amines) is 3. The Balaban J connectivity index is 1.25. The summed E-state index contributed by atoms with van der Waals surface area (Å²) < 4.78 is 5.21. The third kappa shape index (κ3) is 5.48. The zero-order valence-electron chi connectivity index (χ0n) is 18.7. The number of piperidine rings is 2. The Morgan fingerprint density at radius 2 is 1.87 bits per heavy atom. The molecule has 3 aliphatic rings. The fourth-order valence-electron chi connectivity index (χ4n) is 5.31. The minimum absolute atomic E-state index is 0.277. The van der Waals surface area contributed by atoms with E-state index < -0.39 is 0 Å². The minimum atomic E-state index is 0.277. The average molecular weight is 426 g/mol. The molecule has 3 heterocycles. The van der Waals surface area contributed by atoms with Crippen molar-refractivity contribution < 1.29 is 14.3 Å². The number of ether oxygens (including phenoxy) is 1. The topological polar surface area (TPSA) is 53.1 Å². The van der Waals surface area contributed by atoms with Crippen LogP contribution in [0.3, 0.4) is 0 Å². The van der Waals surface area contributed by atoms with Gasteiger partial charge in [0.05, 0.1) is 7.11 Å². The van der Waals surface area contributed by atoms with Crippen LogP contribution >= 0.6 is 0 Å². The van der Waals surface area contributed by atoms with Crippen LogP contribution < -0.4 is 4.74 Å². The van der Waals surface area contributed by atoms with Gasteiger partial charge in [0, 0.05) is 58.2 Å². The number of carbonyl (C=O) groups is 2. The van der Waals surface area contributed by atoms with E-state index in [0.29, 0.717) is 30.7 Å². The van der Waals surface area contributed by atoms with E-state index in [1.807, 2.05) is 17.0 Å². The third-order valence-electron chi connectivity index (χ3n) is 7.02. The first-order valence-corrected chi connectivity index (χ1v) is 11.7. The van der Waals surface area contributed by atoms with Gasteiger partial charge in [0.15, 0.2) is 0 Å². The van der Waals surface area contributed by atoms with Crippen LogP contribution in [0.4, 0.5) is 0 Å². The molecule has 2 amide bonds. The standard InChI is InChI=1S/C25H35N3O3/c1-31-22-10-7-20(8-11-22)5-2-14-26-18-13-23-21(19-26)9-12-25(30)28(23)17-4-16-27-15-3-6-24(27)29/h2,5,7-8,10-11,21,23H,3-4,6,9,12-19H2,1H3/t21-,23+/m1/s1. The average Bonchev–Trinajstić information content (AvgIpc) is 3.20. The molecule has 31 heavy (non-hydrogen) atoms. The highest BCUT2D eigenvalue weighted by molar-refractivity contribution is 5.78. The summed E-state index contributed by atoms with van der Waals surface area (Å²) in [5, 5.41) is 0. The van der Waals surface area contributed by atoms with Gasteiger partial charge < -0.3 is 14.5 Å². The van der Waals surface area contributed by atoms with Gasteiger partial charge in [0.1, 0.15) is 5.75 Å². The molecular weight excluding hydrogens is 390 g/mol. The maximum absolute atomic E-state index is 12.6. The summed E-state index contributed by atoms with van der Waals surface area (Å²) in [5.41, 5.74) is 1.18. The van der Waals surface area contributed by atoms with Crippen molar-refractivity contribution in [2.24, 2.45) is 5.92 Å². The lowest BCUT2D eigenvalue weighted by molar-refractivity contribution is -0.141. The van der Waals surface area contributed by atoms with Gasteiger partial charge >= 0.3 is 0 Å². The lowest BCUT2D eigenvalue weighted by Gasteiger charge is -2.47. The maximum Gasteiger partial charge on any atom is 0.222 e. The molecule has 0 N–H and O–H groups in total. The van der Waals surface area contributed by atoms with Crippen molar-refractivity contribution in [1.29, 1.82) is 0 Å². The van der Waals surface area contributed by atoms with Crippen LogP contribution in [-0.4, -0.2) is 78.9 Å². The molecule has 0 saturated carbocycles. The molecule has 3 saturated heterocycles. The van der Waals surface area contributed by atoms with Crippen molar-refractivity contribution in [2.75, 3.05) is 46.4 Å². The summed E-state index contributed by atoms with van der Waals surface area (Å²) in [7, 11) is 1.68. The van der Waals surface area contributed by atoms with Crippen molar-refractivity contribution in [2.45, 2.75) is 44.6 Å². The van der Waals surface area contributed by atoms with E-state index >= 15 is 0 Å².